The highest BCUT2D eigenvalue weighted by Crippen LogP contribution is 2.66. The van der Waals surface area contributed by atoms with Crippen LogP contribution in [0.4, 0.5) is 5.82 Å². The number of hydrogen-bond donors (Lipinski definition) is 7. The number of carbonyl (C=O) groups excluding carboxylic acids is 1. The maximum atomic E-state index is 12.4. The molecule has 21 heteroatoms. The van der Waals surface area contributed by atoms with Crippen molar-refractivity contribution < 1.29 is 61.1 Å². The van der Waals surface area contributed by atoms with E-state index in [0.717, 1.165) is 5.56 Å². The van der Waals surface area contributed by atoms with E-state index in [4.69, 9.17) is 20.3 Å². The number of rotatable bonds is 13. The molecule has 0 saturated carbocycles. The van der Waals surface area contributed by atoms with E-state index in [9.17, 15) is 33.4 Å². The van der Waals surface area contributed by atoms with Crippen molar-refractivity contribution in [2.45, 2.75) is 31.3 Å². The molecule has 2 aromatic heterocycles. The van der Waals surface area contributed by atoms with Gasteiger partial charge in [0, 0.05) is 30.8 Å². The van der Waals surface area contributed by atoms with Crippen LogP contribution < -0.4 is 11.1 Å². The predicted molar refractivity (Wildman–Crippen MR) is 148 cm³/mol. The van der Waals surface area contributed by atoms with Crippen LogP contribution in [-0.2, 0) is 42.8 Å². The summed E-state index contributed by atoms with van der Waals surface area (Å²) in [5.74, 6) is -0.248. The SMILES string of the molecule is Nc1ncnc2c1c(/C=C/C(=O)NCCc1ccccc1)cn2[C@H]1C[C@@H](O)[C@@H](COP(=O)(O)OP(=O)(O)OP(=O)(O)O)O1. The number of ether oxygens (including phenoxy) is 1. The van der Waals surface area contributed by atoms with E-state index in [1.165, 1.54) is 23.0 Å². The molecule has 0 aliphatic carbocycles. The molecule has 18 nitrogen and oxygen atoms in total. The summed E-state index contributed by atoms with van der Waals surface area (Å²) in [4.78, 5) is 56.9. The molecule has 3 heterocycles. The van der Waals surface area contributed by atoms with Crippen LogP contribution in [0, 0.1) is 0 Å². The van der Waals surface area contributed by atoms with Crippen molar-refractivity contribution in [3.8, 4) is 0 Å². The van der Waals surface area contributed by atoms with Crippen molar-refractivity contribution in [1.29, 1.82) is 0 Å². The number of nitrogens with zero attached hydrogens (tertiary/aromatic N) is 3. The average molecular weight is 663 g/mol. The zero-order chi connectivity index (χ0) is 31.4. The van der Waals surface area contributed by atoms with Gasteiger partial charge in [-0.3, -0.25) is 9.32 Å². The van der Waals surface area contributed by atoms with E-state index in [0.29, 0.717) is 29.6 Å². The largest absolute Gasteiger partial charge is 0.490 e. The maximum absolute atomic E-state index is 12.4. The molecule has 234 valence electrons. The number of nitrogen functional groups attached to an aromatic ring is 1. The van der Waals surface area contributed by atoms with Crippen LogP contribution in [0.25, 0.3) is 17.1 Å². The fourth-order valence-corrected chi connectivity index (χ4v) is 7.22. The predicted octanol–water partition coefficient (Wildman–Crippen LogP) is 1.38. The van der Waals surface area contributed by atoms with Crippen molar-refractivity contribution >= 4 is 52.3 Å². The van der Waals surface area contributed by atoms with Crippen LogP contribution in [-0.4, -0.2) is 70.5 Å². The number of phosphoric acid groups is 3. The van der Waals surface area contributed by atoms with Crippen molar-refractivity contribution in [2.24, 2.45) is 0 Å². The van der Waals surface area contributed by atoms with Gasteiger partial charge in [0.25, 0.3) is 0 Å². The number of carbonyl (C=O) groups is 1. The fourth-order valence-electron chi connectivity index (χ4n) is 4.19. The fraction of sp³-hybridized carbons (Fsp3) is 0.318. The number of aromatic nitrogens is 3. The summed E-state index contributed by atoms with van der Waals surface area (Å²) in [6.07, 6.45) is 2.71. The molecule has 3 aromatic rings. The van der Waals surface area contributed by atoms with Gasteiger partial charge in [-0.25, -0.2) is 23.7 Å². The third kappa shape index (κ3) is 9.33. The summed E-state index contributed by atoms with van der Waals surface area (Å²) in [7, 11) is -16.7. The molecule has 2 unspecified atom stereocenters. The first kappa shape index (κ1) is 33.1. The summed E-state index contributed by atoms with van der Waals surface area (Å²) >= 11 is 0. The number of aliphatic hydroxyl groups is 1. The Bertz CT molecular complexity index is 1630. The minimum absolute atomic E-state index is 0.0682. The summed E-state index contributed by atoms with van der Waals surface area (Å²) in [5, 5.41) is 13.7. The van der Waals surface area contributed by atoms with Crippen molar-refractivity contribution in [2.75, 3.05) is 18.9 Å². The second-order valence-corrected chi connectivity index (χ2v) is 13.5. The zero-order valence-electron chi connectivity index (χ0n) is 22.0. The molecule has 1 saturated heterocycles. The van der Waals surface area contributed by atoms with Crippen molar-refractivity contribution in [1.82, 2.24) is 19.9 Å². The van der Waals surface area contributed by atoms with Gasteiger partial charge in [0.15, 0.2) is 0 Å². The highest BCUT2D eigenvalue weighted by Gasteiger charge is 2.43. The van der Waals surface area contributed by atoms with Gasteiger partial charge in [0.2, 0.25) is 5.91 Å². The van der Waals surface area contributed by atoms with Gasteiger partial charge in [-0.15, -0.1) is 0 Å². The number of hydrogen-bond acceptors (Lipinski definition) is 12. The topological polar surface area (TPSA) is 275 Å². The van der Waals surface area contributed by atoms with Gasteiger partial charge >= 0.3 is 23.5 Å². The number of anilines is 1. The first-order valence-corrected chi connectivity index (χ1v) is 16.9. The molecule has 1 fully saturated rings. The molecular weight excluding hydrogens is 635 g/mol. The minimum atomic E-state index is -5.71. The van der Waals surface area contributed by atoms with Gasteiger partial charge < -0.3 is 45.0 Å². The third-order valence-electron chi connectivity index (χ3n) is 5.97. The number of fused-ring (bicyclic) bond motifs is 1. The number of aliphatic hydroxyl groups excluding tert-OH is 1. The first-order valence-electron chi connectivity index (χ1n) is 12.4. The molecule has 0 radical (unpaired) electrons. The second-order valence-electron chi connectivity index (χ2n) is 9.13. The monoisotopic (exact) mass is 663 g/mol. The standard InChI is InChI=1S/C22H28N5O13P3/c23-21-20-15(6-7-18(29)24-9-8-14-4-2-1-3-5-14)11-27(22(20)26-13-25-21)19-10-16(28)17(38-19)12-37-42(33,34)40-43(35,36)39-41(30,31)32/h1-7,11,13,16-17,19,28H,8-10,12H2,(H,24,29)(H,33,34)(H,35,36)(H2,23,25,26)(H2,30,31,32)/b7-6+/t16-,17-,19-/m1/s1. The lowest BCUT2D eigenvalue weighted by atomic mass is 10.1. The van der Waals surface area contributed by atoms with E-state index in [2.05, 4.69) is 28.4 Å². The van der Waals surface area contributed by atoms with E-state index in [1.54, 1.807) is 6.20 Å². The van der Waals surface area contributed by atoms with Crippen LogP contribution in [0.3, 0.4) is 0 Å². The van der Waals surface area contributed by atoms with Crippen LogP contribution in [0.5, 0.6) is 0 Å². The number of benzene rings is 1. The lowest BCUT2D eigenvalue weighted by molar-refractivity contribution is -0.116. The van der Waals surface area contributed by atoms with Gasteiger partial charge in [-0.1, -0.05) is 30.3 Å². The number of nitrogens with two attached hydrogens (primary N) is 1. The number of nitrogens with one attached hydrogen (secondary N) is 1. The molecular formula is C22H28N5O13P3. The maximum Gasteiger partial charge on any atom is 0.490 e. The Hall–Kier alpha value is -2.82. The van der Waals surface area contributed by atoms with Gasteiger partial charge in [-0.05, 0) is 18.1 Å². The van der Waals surface area contributed by atoms with Crippen LogP contribution in [0.15, 0.2) is 48.9 Å². The Morgan fingerprint density at radius 1 is 1.12 bits per heavy atom. The first-order chi connectivity index (χ1) is 20.1. The van der Waals surface area contributed by atoms with Crippen LogP contribution in [0.2, 0.25) is 0 Å². The van der Waals surface area contributed by atoms with Crippen molar-refractivity contribution in [3.63, 3.8) is 0 Å². The second kappa shape index (κ2) is 13.4. The van der Waals surface area contributed by atoms with E-state index in [-0.39, 0.29) is 18.1 Å². The molecule has 4 rings (SSSR count). The summed E-state index contributed by atoms with van der Waals surface area (Å²) < 4.78 is 53.5. The number of phosphoric ester groups is 1. The zero-order valence-corrected chi connectivity index (χ0v) is 24.7. The smallest absolute Gasteiger partial charge is 0.390 e. The number of amides is 1. The summed E-state index contributed by atoms with van der Waals surface area (Å²) in [6.45, 7) is -0.427. The van der Waals surface area contributed by atoms with E-state index < -0.39 is 48.5 Å². The third-order valence-corrected chi connectivity index (χ3v) is 9.77. The Morgan fingerprint density at radius 3 is 2.53 bits per heavy atom. The molecule has 1 amide bonds. The normalized spacial score (nSPS) is 22.0. The molecule has 0 spiro atoms. The van der Waals surface area contributed by atoms with Crippen LogP contribution in [0.1, 0.15) is 23.8 Å². The van der Waals surface area contributed by atoms with Gasteiger partial charge in [0.05, 0.1) is 18.1 Å². The molecule has 1 aliphatic rings. The van der Waals surface area contributed by atoms with E-state index in [1.807, 2.05) is 30.3 Å². The van der Waals surface area contributed by atoms with Crippen molar-refractivity contribution in [3.05, 3.63) is 60.1 Å². The minimum Gasteiger partial charge on any atom is -0.390 e. The van der Waals surface area contributed by atoms with Gasteiger partial charge in [0.1, 0.15) is 30.1 Å². The lowest BCUT2D eigenvalue weighted by Crippen LogP contribution is -2.26. The van der Waals surface area contributed by atoms with E-state index >= 15 is 0 Å². The molecule has 43 heavy (non-hydrogen) atoms. The van der Waals surface area contributed by atoms with Crippen LogP contribution >= 0.6 is 23.5 Å². The molecule has 8 N–H and O–H groups in total. The highest BCUT2D eigenvalue weighted by molar-refractivity contribution is 7.66. The Balaban J connectivity index is 1.42. The molecule has 5 atom stereocenters. The molecule has 1 aromatic carbocycles. The Kier molecular flexibility index (Phi) is 10.3. The quantitative estimate of drug-likeness (QED) is 0.100. The van der Waals surface area contributed by atoms with Gasteiger partial charge in [-0.2, -0.15) is 8.62 Å². The molecule has 1 aliphatic heterocycles. The highest BCUT2D eigenvalue weighted by atomic mass is 31.3. The Labute approximate surface area is 243 Å². The lowest BCUT2D eigenvalue weighted by Gasteiger charge is -2.19. The summed E-state index contributed by atoms with van der Waals surface area (Å²) in [5.41, 5.74) is 7.90. The Morgan fingerprint density at radius 2 is 1.84 bits per heavy atom. The molecule has 0 bridgehead atoms. The average Bonchev–Trinajstić information content (AvgIpc) is 3.45. The summed E-state index contributed by atoms with van der Waals surface area (Å²) in [6, 6.07) is 9.62.